The van der Waals surface area contributed by atoms with Gasteiger partial charge in [0.1, 0.15) is 6.04 Å². The molecular formula is C15H29N3O2. The summed E-state index contributed by atoms with van der Waals surface area (Å²) in [5, 5.41) is 2.91. The lowest BCUT2D eigenvalue weighted by Gasteiger charge is -2.35. The monoisotopic (exact) mass is 283 g/mol. The number of carbonyl (C=O) groups is 2. The highest BCUT2D eigenvalue weighted by molar-refractivity contribution is 5.87. The van der Waals surface area contributed by atoms with Gasteiger partial charge in [-0.3, -0.25) is 9.59 Å². The van der Waals surface area contributed by atoms with Crippen LogP contribution in [-0.4, -0.2) is 60.9 Å². The van der Waals surface area contributed by atoms with Crippen LogP contribution in [0.15, 0.2) is 0 Å². The van der Waals surface area contributed by atoms with Gasteiger partial charge in [-0.15, -0.1) is 0 Å². The SMILES string of the molecule is CCCC(=O)N[C@@H](CC(C)C)C(=O)N1CCN(C)CC1. The molecule has 0 aliphatic carbocycles. The normalized spacial score (nSPS) is 18.1. The van der Waals surface area contributed by atoms with Crippen molar-refractivity contribution in [2.75, 3.05) is 33.2 Å². The fourth-order valence-corrected chi connectivity index (χ4v) is 2.43. The number of piperazine rings is 1. The zero-order valence-corrected chi connectivity index (χ0v) is 13.3. The Kier molecular flexibility index (Phi) is 6.99. The number of nitrogens with zero attached hydrogens (tertiary/aromatic N) is 2. The molecule has 0 bridgehead atoms. The third kappa shape index (κ3) is 5.49. The third-order valence-corrected chi connectivity index (χ3v) is 3.63. The molecule has 0 unspecified atom stereocenters. The van der Waals surface area contributed by atoms with E-state index in [1.807, 2.05) is 11.8 Å². The summed E-state index contributed by atoms with van der Waals surface area (Å²) in [6.45, 7) is 9.46. The first-order valence-electron chi connectivity index (χ1n) is 7.70. The van der Waals surface area contributed by atoms with E-state index in [1.165, 1.54) is 0 Å². The second-order valence-corrected chi connectivity index (χ2v) is 6.13. The minimum atomic E-state index is -0.363. The molecule has 5 nitrogen and oxygen atoms in total. The van der Waals surface area contributed by atoms with Gasteiger partial charge in [0.15, 0.2) is 0 Å². The largest absolute Gasteiger partial charge is 0.344 e. The molecular weight excluding hydrogens is 254 g/mol. The van der Waals surface area contributed by atoms with E-state index in [0.717, 1.165) is 32.6 Å². The molecule has 20 heavy (non-hydrogen) atoms. The van der Waals surface area contributed by atoms with Crippen molar-refractivity contribution in [2.45, 2.75) is 46.1 Å². The van der Waals surface area contributed by atoms with Gasteiger partial charge in [0.2, 0.25) is 11.8 Å². The van der Waals surface area contributed by atoms with Crippen molar-refractivity contribution in [3.63, 3.8) is 0 Å². The van der Waals surface area contributed by atoms with Crippen molar-refractivity contribution in [3.8, 4) is 0 Å². The summed E-state index contributed by atoms with van der Waals surface area (Å²) in [4.78, 5) is 28.5. The topological polar surface area (TPSA) is 52.7 Å². The number of rotatable bonds is 6. The Morgan fingerprint density at radius 2 is 1.75 bits per heavy atom. The highest BCUT2D eigenvalue weighted by atomic mass is 16.2. The van der Waals surface area contributed by atoms with Gasteiger partial charge >= 0.3 is 0 Å². The Morgan fingerprint density at radius 1 is 1.15 bits per heavy atom. The molecule has 116 valence electrons. The van der Waals surface area contributed by atoms with Crippen LogP contribution >= 0.6 is 0 Å². The van der Waals surface area contributed by atoms with Crippen LogP contribution < -0.4 is 5.32 Å². The standard InChI is InChI=1S/C15H29N3O2/c1-5-6-14(19)16-13(11-12(2)3)15(20)18-9-7-17(4)8-10-18/h12-13H,5-11H2,1-4H3,(H,16,19)/t13-/m0/s1. The van der Waals surface area contributed by atoms with Crippen LogP contribution in [0.1, 0.15) is 40.0 Å². The van der Waals surface area contributed by atoms with Crippen molar-refractivity contribution >= 4 is 11.8 Å². The Balaban J connectivity index is 2.61. The number of carbonyl (C=O) groups excluding carboxylic acids is 2. The average Bonchev–Trinajstić information content (AvgIpc) is 2.38. The summed E-state index contributed by atoms with van der Waals surface area (Å²) in [7, 11) is 2.07. The van der Waals surface area contributed by atoms with Gasteiger partial charge in [-0.25, -0.2) is 0 Å². The van der Waals surface area contributed by atoms with Gasteiger partial charge in [-0.2, -0.15) is 0 Å². The zero-order valence-electron chi connectivity index (χ0n) is 13.3. The molecule has 0 aromatic rings. The lowest BCUT2D eigenvalue weighted by atomic mass is 10.0. The van der Waals surface area contributed by atoms with E-state index in [2.05, 4.69) is 31.1 Å². The Labute approximate surface area is 122 Å². The molecule has 1 heterocycles. The van der Waals surface area contributed by atoms with Crippen LogP contribution in [-0.2, 0) is 9.59 Å². The average molecular weight is 283 g/mol. The second-order valence-electron chi connectivity index (χ2n) is 6.13. The summed E-state index contributed by atoms with van der Waals surface area (Å²) in [6.07, 6.45) is 2.01. The van der Waals surface area contributed by atoms with Gasteiger partial charge < -0.3 is 15.1 Å². The molecule has 5 heteroatoms. The van der Waals surface area contributed by atoms with Crippen LogP contribution in [0.5, 0.6) is 0 Å². The fraction of sp³-hybridized carbons (Fsp3) is 0.867. The second kappa shape index (κ2) is 8.25. The minimum absolute atomic E-state index is 0.0133. The smallest absolute Gasteiger partial charge is 0.245 e. The summed E-state index contributed by atoms with van der Waals surface area (Å²) < 4.78 is 0. The number of likely N-dealkylation sites (N-methyl/N-ethyl adjacent to an activating group) is 1. The molecule has 1 rings (SSSR count). The van der Waals surface area contributed by atoms with E-state index >= 15 is 0 Å². The maximum absolute atomic E-state index is 12.6. The van der Waals surface area contributed by atoms with Crippen LogP contribution in [0.2, 0.25) is 0 Å². The molecule has 2 amide bonds. The van der Waals surface area contributed by atoms with Crippen LogP contribution in [0.3, 0.4) is 0 Å². The molecule has 0 aromatic carbocycles. The number of hydrogen-bond acceptors (Lipinski definition) is 3. The predicted octanol–water partition coefficient (Wildman–Crippen LogP) is 1.09. The van der Waals surface area contributed by atoms with Gasteiger partial charge in [0.05, 0.1) is 0 Å². The van der Waals surface area contributed by atoms with Crippen LogP contribution in [0.25, 0.3) is 0 Å². The molecule has 1 aliphatic rings. The lowest BCUT2D eigenvalue weighted by Crippen LogP contribution is -2.54. The summed E-state index contributed by atoms with van der Waals surface area (Å²) in [5.41, 5.74) is 0. The van der Waals surface area contributed by atoms with E-state index < -0.39 is 0 Å². The van der Waals surface area contributed by atoms with E-state index in [0.29, 0.717) is 18.8 Å². The molecule has 0 aromatic heterocycles. The summed E-state index contributed by atoms with van der Waals surface area (Å²) in [5.74, 6) is 0.454. The number of nitrogens with one attached hydrogen (secondary N) is 1. The third-order valence-electron chi connectivity index (χ3n) is 3.63. The van der Waals surface area contributed by atoms with E-state index in [-0.39, 0.29) is 17.9 Å². The van der Waals surface area contributed by atoms with Crippen LogP contribution in [0, 0.1) is 5.92 Å². The Bertz CT molecular complexity index is 323. The van der Waals surface area contributed by atoms with Crippen molar-refractivity contribution in [3.05, 3.63) is 0 Å². The van der Waals surface area contributed by atoms with Gasteiger partial charge in [-0.05, 0) is 25.8 Å². The van der Waals surface area contributed by atoms with Gasteiger partial charge in [0, 0.05) is 32.6 Å². The quantitative estimate of drug-likeness (QED) is 0.794. The predicted molar refractivity (Wildman–Crippen MR) is 80.4 cm³/mol. The lowest BCUT2D eigenvalue weighted by molar-refractivity contribution is -0.138. The van der Waals surface area contributed by atoms with Crippen molar-refractivity contribution in [2.24, 2.45) is 5.92 Å². The molecule has 1 atom stereocenters. The van der Waals surface area contributed by atoms with E-state index in [4.69, 9.17) is 0 Å². The molecule has 0 saturated carbocycles. The van der Waals surface area contributed by atoms with Crippen molar-refractivity contribution in [1.29, 1.82) is 0 Å². The summed E-state index contributed by atoms with van der Waals surface area (Å²) in [6, 6.07) is -0.363. The fourth-order valence-electron chi connectivity index (χ4n) is 2.43. The Morgan fingerprint density at radius 3 is 2.25 bits per heavy atom. The van der Waals surface area contributed by atoms with Crippen molar-refractivity contribution in [1.82, 2.24) is 15.1 Å². The minimum Gasteiger partial charge on any atom is -0.344 e. The van der Waals surface area contributed by atoms with Gasteiger partial charge in [-0.1, -0.05) is 20.8 Å². The molecule has 1 N–H and O–H groups in total. The zero-order chi connectivity index (χ0) is 15.1. The van der Waals surface area contributed by atoms with E-state index in [1.54, 1.807) is 0 Å². The first-order chi connectivity index (χ1) is 9.43. The molecule has 1 saturated heterocycles. The van der Waals surface area contributed by atoms with Crippen molar-refractivity contribution < 1.29 is 9.59 Å². The first kappa shape index (κ1) is 17.0. The maximum Gasteiger partial charge on any atom is 0.245 e. The van der Waals surface area contributed by atoms with Gasteiger partial charge in [0.25, 0.3) is 0 Å². The molecule has 1 aliphatic heterocycles. The maximum atomic E-state index is 12.6. The summed E-state index contributed by atoms with van der Waals surface area (Å²) >= 11 is 0. The molecule has 0 radical (unpaired) electrons. The highest BCUT2D eigenvalue weighted by Crippen LogP contribution is 2.10. The Hall–Kier alpha value is -1.10. The number of hydrogen-bond donors (Lipinski definition) is 1. The number of amides is 2. The first-order valence-corrected chi connectivity index (χ1v) is 7.70. The van der Waals surface area contributed by atoms with E-state index in [9.17, 15) is 9.59 Å². The molecule has 1 fully saturated rings. The van der Waals surface area contributed by atoms with Crippen LogP contribution in [0.4, 0.5) is 0 Å². The molecule has 0 spiro atoms. The highest BCUT2D eigenvalue weighted by Gasteiger charge is 2.28.